The van der Waals surface area contributed by atoms with E-state index in [1.807, 2.05) is 6.07 Å². The summed E-state index contributed by atoms with van der Waals surface area (Å²) in [5.41, 5.74) is 0.504. The molecule has 0 spiro atoms. The molecule has 1 N–H and O–H groups in total. The van der Waals surface area contributed by atoms with Crippen LogP contribution in [0.2, 0.25) is 0 Å². The molecule has 4 saturated carbocycles. The third-order valence-electron chi connectivity index (χ3n) is 9.30. The lowest BCUT2D eigenvalue weighted by atomic mass is 9.53. The second kappa shape index (κ2) is 6.54. The first-order valence-electron chi connectivity index (χ1n) is 11.9. The molecule has 29 heavy (non-hydrogen) atoms. The first-order chi connectivity index (χ1) is 14.1. The number of aromatic nitrogens is 2. The minimum atomic E-state index is -0.279. The molecule has 4 fully saturated rings. The van der Waals surface area contributed by atoms with Crippen molar-refractivity contribution in [1.82, 2.24) is 9.78 Å². The second-order valence-corrected chi connectivity index (χ2v) is 10.6. The summed E-state index contributed by atoms with van der Waals surface area (Å²) in [7, 11) is 0. The molecule has 156 valence electrons. The van der Waals surface area contributed by atoms with Gasteiger partial charge in [0.1, 0.15) is 5.82 Å². The summed E-state index contributed by atoms with van der Waals surface area (Å²) in [5, 5.41) is 16.5. The maximum atomic E-state index is 13.7. The van der Waals surface area contributed by atoms with E-state index >= 15 is 0 Å². The van der Waals surface area contributed by atoms with E-state index in [0.29, 0.717) is 17.9 Å². The number of fused-ring (bicyclic) bond motifs is 6. The first-order valence-corrected chi connectivity index (χ1v) is 11.9. The number of nitrogens with zero attached hydrogens (tertiary/aromatic N) is 2. The van der Waals surface area contributed by atoms with Crippen molar-refractivity contribution in [2.45, 2.75) is 76.4 Å². The average Bonchev–Trinajstić information content (AvgIpc) is 3.25. The molecule has 4 aliphatic rings. The Morgan fingerprint density at radius 3 is 2.76 bits per heavy atom. The van der Waals surface area contributed by atoms with Crippen molar-refractivity contribution >= 4 is 10.9 Å². The summed E-state index contributed by atoms with van der Waals surface area (Å²) in [6.07, 6.45) is 13.1. The van der Waals surface area contributed by atoms with E-state index in [2.05, 4.69) is 17.8 Å². The molecule has 4 aliphatic carbocycles. The third kappa shape index (κ3) is 2.81. The Labute approximate surface area is 172 Å². The molecule has 1 aromatic heterocycles. The Hall–Kier alpha value is -1.42. The fourth-order valence-electron chi connectivity index (χ4n) is 8.02. The van der Waals surface area contributed by atoms with Crippen LogP contribution in [0.25, 0.3) is 10.9 Å². The molecule has 2 unspecified atom stereocenters. The van der Waals surface area contributed by atoms with Gasteiger partial charge in [-0.15, -0.1) is 0 Å². The van der Waals surface area contributed by atoms with Gasteiger partial charge in [-0.25, -0.2) is 4.39 Å². The highest BCUT2D eigenvalue weighted by Crippen LogP contribution is 2.65. The van der Waals surface area contributed by atoms with Gasteiger partial charge >= 0.3 is 0 Å². The van der Waals surface area contributed by atoms with E-state index < -0.39 is 0 Å². The van der Waals surface area contributed by atoms with E-state index in [0.717, 1.165) is 47.4 Å². The Morgan fingerprint density at radius 1 is 1.10 bits per heavy atom. The number of aliphatic hydroxyl groups is 1. The summed E-state index contributed by atoms with van der Waals surface area (Å²) in [4.78, 5) is 0. The molecule has 2 aromatic rings. The molecule has 6 rings (SSSR count). The molecule has 0 saturated heterocycles. The summed E-state index contributed by atoms with van der Waals surface area (Å²) < 4.78 is 15.8. The Bertz CT molecular complexity index is 925. The summed E-state index contributed by atoms with van der Waals surface area (Å²) >= 11 is 0. The second-order valence-electron chi connectivity index (χ2n) is 10.6. The molecule has 4 heteroatoms. The molecular weight excluding hydrogens is 363 g/mol. The number of benzene rings is 1. The van der Waals surface area contributed by atoms with Crippen molar-refractivity contribution in [2.75, 3.05) is 0 Å². The molecule has 0 amide bonds. The summed E-state index contributed by atoms with van der Waals surface area (Å²) in [6, 6.07) is 5.41. The quantitative estimate of drug-likeness (QED) is 0.719. The maximum Gasteiger partial charge on any atom is 0.125 e. The number of hydrogen-bond donors (Lipinski definition) is 1. The van der Waals surface area contributed by atoms with Crippen LogP contribution >= 0.6 is 0 Å². The molecule has 0 radical (unpaired) electrons. The SMILES string of the molecule is CCC[C@@H]1C(n2cc3ccc(F)cc3n2)CC[C@H]2[C@H]1CC[C@H]1C3C[C@@]3(O)CC[C@H]21. The summed E-state index contributed by atoms with van der Waals surface area (Å²) in [6.45, 7) is 2.31. The van der Waals surface area contributed by atoms with E-state index in [-0.39, 0.29) is 11.4 Å². The number of halogens is 1. The predicted octanol–water partition coefficient (Wildman–Crippen LogP) is 5.73. The predicted molar refractivity (Wildman–Crippen MR) is 112 cm³/mol. The Morgan fingerprint density at radius 2 is 1.90 bits per heavy atom. The van der Waals surface area contributed by atoms with Crippen molar-refractivity contribution in [3.63, 3.8) is 0 Å². The minimum absolute atomic E-state index is 0.202. The molecular formula is C25H33FN2O. The zero-order valence-electron chi connectivity index (χ0n) is 17.4. The van der Waals surface area contributed by atoms with Crippen LogP contribution in [0, 0.1) is 41.3 Å². The van der Waals surface area contributed by atoms with Gasteiger partial charge in [-0.3, -0.25) is 4.68 Å². The minimum Gasteiger partial charge on any atom is -0.390 e. The zero-order valence-corrected chi connectivity index (χ0v) is 17.4. The molecule has 1 aromatic carbocycles. The van der Waals surface area contributed by atoms with Crippen LogP contribution < -0.4 is 0 Å². The van der Waals surface area contributed by atoms with Crippen LogP contribution in [-0.4, -0.2) is 20.5 Å². The van der Waals surface area contributed by atoms with Gasteiger partial charge in [0.25, 0.3) is 0 Å². The van der Waals surface area contributed by atoms with Gasteiger partial charge in [0.15, 0.2) is 0 Å². The van der Waals surface area contributed by atoms with Crippen LogP contribution in [0.15, 0.2) is 24.4 Å². The smallest absolute Gasteiger partial charge is 0.125 e. The van der Waals surface area contributed by atoms with E-state index in [1.54, 1.807) is 6.07 Å². The topological polar surface area (TPSA) is 38.0 Å². The van der Waals surface area contributed by atoms with Gasteiger partial charge in [-0.2, -0.15) is 5.10 Å². The third-order valence-corrected chi connectivity index (χ3v) is 9.30. The van der Waals surface area contributed by atoms with Gasteiger partial charge in [-0.1, -0.05) is 13.3 Å². The van der Waals surface area contributed by atoms with Gasteiger partial charge < -0.3 is 5.11 Å². The highest BCUT2D eigenvalue weighted by atomic mass is 19.1. The van der Waals surface area contributed by atoms with Crippen LogP contribution in [-0.2, 0) is 0 Å². The van der Waals surface area contributed by atoms with E-state index in [9.17, 15) is 9.50 Å². The first kappa shape index (κ1) is 18.4. The van der Waals surface area contributed by atoms with Crippen molar-refractivity contribution in [2.24, 2.45) is 35.5 Å². The fourth-order valence-corrected chi connectivity index (χ4v) is 8.02. The van der Waals surface area contributed by atoms with Crippen molar-refractivity contribution < 1.29 is 9.50 Å². The standard InChI is InChI=1S/C25H33FN2O/c1-2-3-21-18-6-7-20-19(10-11-25(29)13-22(20)25)17(18)8-9-24(21)28-14-15-4-5-16(26)12-23(15)27-28/h4-5,12,14,17-22,24,29H,2-3,6-11,13H2,1H3/t17-,18+,19+,20+,21-,22?,24?,25-/m0/s1. The van der Waals surface area contributed by atoms with Crippen LogP contribution in [0.1, 0.15) is 70.8 Å². The lowest BCUT2D eigenvalue weighted by molar-refractivity contribution is -0.0562. The normalized spacial score (nSPS) is 43.5. The maximum absolute atomic E-state index is 13.7. The van der Waals surface area contributed by atoms with Crippen LogP contribution in [0.4, 0.5) is 4.39 Å². The number of hydrogen-bond acceptors (Lipinski definition) is 2. The van der Waals surface area contributed by atoms with Gasteiger partial charge in [0, 0.05) is 17.6 Å². The zero-order chi connectivity index (χ0) is 19.8. The van der Waals surface area contributed by atoms with E-state index in [4.69, 9.17) is 5.10 Å². The largest absolute Gasteiger partial charge is 0.390 e. The molecule has 0 bridgehead atoms. The molecule has 3 nitrogen and oxygen atoms in total. The average molecular weight is 397 g/mol. The molecule has 1 heterocycles. The van der Waals surface area contributed by atoms with Crippen molar-refractivity contribution in [3.05, 3.63) is 30.2 Å². The van der Waals surface area contributed by atoms with Gasteiger partial charge in [-0.05, 0) is 99.0 Å². The Kier molecular flexibility index (Phi) is 4.14. The lowest BCUT2D eigenvalue weighted by Gasteiger charge is -2.53. The van der Waals surface area contributed by atoms with E-state index in [1.165, 1.54) is 51.0 Å². The van der Waals surface area contributed by atoms with Gasteiger partial charge in [0.2, 0.25) is 0 Å². The Balaban J connectivity index is 1.29. The van der Waals surface area contributed by atoms with Gasteiger partial charge in [0.05, 0.1) is 17.2 Å². The fraction of sp³-hybridized carbons (Fsp3) is 0.720. The van der Waals surface area contributed by atoms with Crippen molar-refractivity contribution in [3.8, 4) is 0 Å². The highest BCUT2D eigenvalue weighted by Gasteiger charge is 2.63. The molecule has 0 aliphatic heterocycles. The van der Waals surface area contributed by atoms with Crippen molar-refractivity contribution in [1.29, 1.82) is 0 Å². The molecule has 8 atom stereocenters. The number of rotatable bonds is 3. The highest BCUT2D eigenvalue weighted by molar-refractivity contribution is 5.77. The lowest BCUT2D eigenvalue weighted by Crippen LogP contribution is -2.47. The van der Waals surface area contributed by atoms with Crippen LogP contribution in [0.5, 0.6) is 0 Å². The van der Waals surface area contributed by atoms with Crippen LogP contribution in [0.3, 0.4) is 0 Å². The summed E-state index contributed by atoms with van der Waals surface area (Å²) in [5.74, 6) is 4.34. The monoisotopic (exact) mass is 396 g/mol.